The third kappa shape index (κ3) is 1.57. The zero-order valence-corrected chi connectivity index (χ0v) is 6.76. The fourth-order valence-electron chi connectivity index (χ4n) is 0.559. The Hall–Kier alpha value is -0.830. The number of anilines is 1. The lowest BCUT2D eigenvalue weighted by atomic mass is 10.4. The van der Waals surface area contributed by atoms with E-state index in [-0.39, 0.29) is 5.43 Å². The minimum atomic E-state index is -0.0586. The maximum atomic E-state index is 10.9. The molecule has 0 heterocycles. The van der Waals surface area contributed by atoms with Gasteiger partial charge in [-0.05, 0) is 40.2 Å². The Morgan fingerprint density at radius 2 is 1.80 bits per heavy atom. The van der Waals surface area contributed by atoms with E-state index < -0.39 is 0 Å². The summed E-state index contributed by atoms with van der Waals surface area (Å²) in [4.78, 5) is 10.9. The lowest BCUT2D eigenvalue weighted by Gasteiger charge is -1.77. The Balaban J connectivity index is 3.43. The van der Waals surface area contributed by atoms with Crippen molar-refractivity contribution in [2.75, 3.05) is 5.73 Å². The van der Waals surface area contributed by atoms with Crippen molar-refractivity contribution < 1.29 is 0 Å². The van der Waals surface area contributed by atoms with Crippen LogP contribution in [0.1, 0.15) is 0 Å². The highest BCUT2D eigenvalue weighted by Crippen LogP contribution is 2.03. The average molecular weight is 200 g/mol. The van der Waals surface area contributed by atoms with Crippen LogP contribution >= 0.6 is 15.9 Å². The monoisotopic (exact) mass is 199 g/mol. The number of nitrogens with two attached hydrogens (primary N) is 1. The molecule has 1 aromatic rings. The molecule has 0 aliphatic rings. The first kappa shape index (κ1) is 7.28. The SMILES string of the molecule is Nc1ccc(Br)c(=O)cc1. The lowest BCUT2D eigenvalue weighted by molar-refractivity contribution is 1.61. The highest BCUT2D eigenvalue weighted by Gasteiger charge is 1.88. The molecule has 0 aliphatic heterocycles. The van der Waals surface area contributed by atoms with Gasteiger partial charge in [-0.15, -0.1) is 0 Å². The van der Waals surface area contributed by atoms with Crippen LogP contribution in [0.2, 0.25) is 0 Å². The van der Waals surface area contributed by atoms with Crippen molar-refractivity contribution in [2.24, 2.45) is 0 Å². The fraction of sp³-hybridized carbons (Fsp3) is 0. The van der Waals surface area contributed by atoms with Gasteiger partial charge in [0.1, 0.15) is 0 Å². The van der Waals surface area contributed by atoms with Crippen LogP contribution < -0.4 is 11.2 Å². The fourth-order valence-corrected chi connectivity index (χ4v) is 0.823. The molecule has 0 saturated heterocycles. The van der Waals surface area contributed by atoms with Crippen molar-refractivity contribution in [1.82, 2.24) is 0 Å². The Bertz CT molecular complexity index is 298. The number of rotatable bonds is 0. The molecule has 0 aliphatic carbocycles. The van der Waals surface area contributed by atoms with E-state index in [4.69, 9.17) is 5.73 Å². The van der Waals surface area contributed by atoms with Crippen molar-refractivity contribution in [3.63, 3.8) is 0 Å². The standard InChI is InChI=1S/C7H6BrNO/c8-6-3-1-5(9)2-4-7(6)10/h1-4H,9H2. The van der Waals surface area contributed by atoms with Gasteiger partial charge in [0.15, 0.2) is 5.43 Å². The van der Waals surface area contributed by atoms with Gasteiger partial charge < -0.3 is 5.73 Å². The molecule has 10 heavy (non-hydrogen) atoms. The van der Waals surface area contributed by atoms with Crippen molar-refractivity contribution in [3.8, 4) is 0 Å². The summed E-state index contributed by atoms with van der Waals surface area (Å²) in [5, 5.41) is 0. The van der Waals surface area contributed by atoms with Crippen LogP contribution in [0, 0.1) is 0 Å². The normalized spacial score (nSPS) is 9.30. The molecule has 2 nitrogen and oxygen atoms in total. The van der Waals surface area contributed by atoms with Gasteiger partial charge in [0.25, 0.3) is 0 Å². The molecule has 0 spiro atoms. The first-order valence-corrected chi connectivity index (χ1v) is 3.55. The quantitative estimate of drug-likeness (QED) is 0.687. The number of nitrogen functional groups attached to an aromatic ring is 1. The van der Waals surface area contributed by atoms with Gasteiger partial charge in [-0.1, -0.05) is 0 Å². The molecule has 1 aromatic carbocycles. The second-order valence-electron chi connectivity index (χ2n) is 1.88. The van der Waals surface area contributed by atoms with Crippen molar-refractivity contribution in [3.05, 3.63) is 39.0 Å². The summed E-state index contributed by atoms with van der Waals surface area (Å²) in [6.07, 6.45) is 0. The van der Waals surface area contributed by atoms with E-state index in [9.17, 15) is 4.79 Å². The van der Waals surface area contributed by atoms with E-state index in [0.717, 1.165) is 0 Å². The molecule has 3 heteroatoms. The molecular formula is C7H6BrNO. The largest absolute Gasteiger partial charge is 0.399 e. The van der Waals surface area contributed by atoms with E-state index in [2.05, 4.69) is 15.9 Å². The van der Waals surface area contributed by atoms with Crippen molar-refractivity contribution in [1.29, 1.82) is 0 Å². The van der Waals surface area contributed by atoms with Crippen LogP contribution in [0.5, 0.6) is 0 Å². The highest BCUT2D eigenvalue weighted by molar-refractivity contribution is 9.10. The maximum absolute atomic E-state index is 10.9. The van der Waals surface area contributed by atoms with Gasteiger partial charge >= 0.3 is 0 Å². The third-order valence-electron chi connectivity index (χ3n) is 1.08. The topological polar surface area (TPSA) is 43.1 Å². The lowest BCUT2D eigenvalue weighted by Crippen LogP contribution is -1.92. The number of hydrogen-bond donors (Lipinski definition) is 1. The molecule has 0 radical (unpaired) electrons. The molecule has 0 aromatic heterocycles. The van der Waals surface area contributed by atoms with Crippen LogP contribution in [0.15, 0.2) is 33.5 Å². The van der Waals surface area contributed by atoms with Gasteiger partial charge in [-0.2, -0.15) is 0 Å². The first-order chi connectivity index (χ1) is 4.70. The molecular weight excluding hydrogens is 194 g/mol. The summed E-state index contributed by atoms with van der Waals surface area (Å²) in [6, 6.07) is 6.32. The van der Waals surface area contributed by atoms with Gasteiger partial charge in [0.05, 0.1) is 4.47 Å². The number of halogens is 1. The molecule has 52 valence electrons. The zero-order chi connectivity index (χ0) is 7.56. The Kier molecular flexibility index (Phi) is 2.06. The zero-order valence-electron chi connectivity index (χ0n) is 5.17. The Labute approximate surface area is 66.8 Å². The number of hydrogen-bond acceptors (Lipinski definition) is 2. The van der Waals surface area contributed by atoms with Gasteiger partial charge in [-0.3, -0.25) is 4.79 Å². The second-order valence-corrected chi connectivity index (χ2v) is 2.73. The predicted octanol–water partition coefficient (Wildman–Crippen LogP) is 1.39. The molecule has 0 fully saturated rings. The van der Waals surface area contributed by atoms with Gasteiger partial charge in [-0.25, -0.2) is 0 Å². The highest BCUT2D eigenvalue weighted by atomic mass is 79.9. The molecule has 0 bridgehead atoms. The van der Waals surface area contributed by atoms with Crippen LogP contribution in [-0.2, 0) is 0 Å². The van der Waals surface area contributed by atoms with E-state index in [1.807, 2.05) is 0 Å². The molecule has 0 unspecified atom stereocenters. The Morgan fingerprint density at radius 3 is 2.50 bits per heavy atom. The van der Waals surface area contributed by atoms with Crippen molar-refractivity contribution >= 4 is 21.6 Å². The minimum Gasteiger partial charge on any atom is -0.399 e. The van der Waals surface area contributed by atoms with E-state index >= 15 is 0 Å². The van der Waals surface area contributed by atoms with E-state index in [1.54, 1.807) is 18.2 Å². The molecule has 0 amide bonds. The van der Waals surface area contributed by atoms with Crippen LogP contribution in [0.4, 0.5) is 5.69 Å². The minimum absolute atomic E-state index is 0.0586. The Morgan fingerprint density at radius 1 is 1.20 bits per heavy atom. The van der Waals surface area contributed by atoms with Gasteiger partial charge in [0.2, 0.25) is 0 Å². The first-order valence-electron chi connectivity index (χ1n) is 2.75. The smallest absolute Gasteiger partial charge is 0.192 e. The average Bonchev–Trinajstić information content (AvgIpc) is 2.04. The molecule has 2 N–H and O–H groups in total. The molecule has 0 saturated carbocycles. The maximum Gasteiger partial charge on any atom is 0.192 e. The summed E-state index contributed by atoms with van der Waals surface area (Å²) < 4.78 is 0.532. The van der Waals surface area contributed by atoms with E-state index in [1.165, 1.54) is 6.07 Å². The third-order valence-corrected chi connectivity index (χ3v) is 1.74. The predicted molar refractivity (Wildman–Crippen MR) is 44.8 cm³/mol. The molecule has 0 atom stereocenters. The second kappa shape index (κ2) is 2.84. The molecule has 1 rings (SSSR count). The summed E-state index contributed by atoms with van der Waals surface area (Å²) >= 11 is 3.09. The van der Waals surface area contributed by atoms with Crippen LogP contribution in [0.3, 0.4) is 0 Å². The summed E-state index contributed by atoms with van der Waals surface area (Å²) in [5.41, 5.74) is 5.94. The van der Waals surface area contributed by atoms with Crippen LogP contribution in [-0.4, -0.2) is 0 Å². The van der Waals surface area contributed by atoms with Crippen molar-refractivity contribution in [2.45, 2.75) is 0 Å². The van der Waals surface area contributed by atoms with E-state index in [0.29, 0.717) is 10.2 Å². The van der Waals surface area contributed by atoms with Crippen LogP contribution in [0.25, 0.3) is 0 Å². The summed E-state index contributed by atoms with van der Waals surface area (Å²) in [7, 11) is 0. The van der Waals surface area contributed by atoms with Gasteiger partial charge in [0, 0.05) is 5.69 Å². The summed E-state index contributed by atoms with van der Waals surface area (Å²) in [6.45, 7) is 0. The summed E-state index contributed by atoms with van der Waals surface area (Å²) in [5.74, 6) is 0.